The molecule has 1 saturated heterocycles. The molecule has 0 atom stereocenters. The SMILES string of the molecule is CCCC1(CC)OC(=O)CC(=O)O1. The summed E-state index contributed by atoms with van der Waals surface area (Å²) in [6.07, 6.45) is 1.64. The molecule has 0 saturated carbocycles. The van der Waals surface area contributed by atoms with Crippen molar-refractivity contribution in [2.45, 2.75) is 45.3 Å². The molecular formula is C9H14O4. The zero-order valence-electron chi connectivity index (χ0n) is 7.96. The standard InChI is InChI=1S/C9H14O4/c1-3-5-9(4-2)12-7(10)6-8(11)13-9/h3-6H2,1-2H3. The second-order valence-corrected chi connectivity index (χ2v) is 3.14. The van der Waals surface area contributed by atoms with E-state index in [0.717, 1.165) is 6.42 Å². The van der Waals surface area contributed by atoms with E-state index in [2.05, 4.69) is 0 Å². The molecule has 0 aliphatic carbocycles. The summed E-state index contributed by atoms with van der Waals surface area (Å²) in [5.74, 6) is -1.95. The Balaban J connectivity index is 2.73. The lowest BCUT2D eigenvalue weighted by atomic mass is 10.1. The van der Waals surface area contributed by atoms with Crippen molar-refractivity contribution in [1.82, 2.24) is 0 Å². The van der Waals surface area contributed by atoms with Gasteiger partial charge in [-0.15, -0.1) is 0 Å². The Hall–Kier alpha value is -1.06. The van der Waals surface area contributed by atoms with E-state index in [1.165, 1.54) is 0 Å². The third kappa shape index (κ3) is 2.20. The van der Waals surface area contributed by atoms with Gasteiger partial charge < -0.3 is 9.47 Å². The number of esters is 2. The molecule has 74 valence electrons. The number of rotatable bonds is 3. The number of hydrogen-bond acceptors (Lipinski definition) is 4. The normalized spacial score (nSPS) is 20.8. The Kier molecular flexibility index (Phi) is 2.90. The van der Waals surface area contributed by atoms with Crippen molar-refractivity contribution in [3.8, 4) is 0 Å². The summed E-state index contributed by atoms with van der Waals surface area (Å²) in [6, 6.07) is 0. The lowest BCUT2D eigenvalue weighted by Crippen LogP contribution is -2.44. The van der Waals surface area contributed by atoms with Gasteiger partial charge in [0, 0.05) is 12.8 Å². The molecule has 1 heterocycles. The van der Waals surface area contributed by atoms with Gasteiger partial charge in [0.2, 0.25) is 0 Å². The van der Waals surface area contributed by atoms with E-state index in [-0.39, 0.29) is 6.42 Å². The monoisotopic (exact) mass is 186 g/mol. The average molecular weight is 186 g/mol. The van der Waals surface area contributed by atoms with Gasteiger partial charge in [0.05, 0.1) is 0 Å². The fraction of sp³-hybridized carbons (Fsp3) is 0.778. The van der Waals surface area contributed by atoms with Gasteiger partial charge in [-0.25, -0.2) is 0 Å². The summed E-state index contributed by atoms with van der Waals surface area (Å²) in [5, 5.41) is 0. The zero-order chi connectivity index (χ0) is 9.90. The van der Waals surface area contributed by atoms with E-state index in [4.69, 9.17) is 9.47 Å². The topological polar surface area (TPSA) is 52.6 Å². The van der Waals surface area contributed by atoms with Gasteiger partial charge in [-0.05, 0) is 6.42 Å². The van der Waals surface area contributed by atoms with Gasteiger partial charge in [-0.1, -0.05) is 13.8 Å². The fourth-order valence-electron chi connectivity index (χ4n) is 1.43. The number of ether oxygens (including phenoxy) is 2. The van der Waals surface area contributed by atoms with E-state index in [1.807, 2.05) is 13.8 Å². The van der Waals surface area contributed by atoms with Crippen LogP contribution < -0.4 is 0 Å². The summed E-state index contributed by atoms with van der Waals surface area (Å²) in [6.45, 7) is 3.79. The molecule has 0 N–H and O–H groups in total. The minimum atomic E-state index is -0.985. The first-order valence-corrected chi connectivity index (χ1v) is 4.55. The molecule has 4 nitrogen and oxygen atoms in total. The van der Waals surface area contributed by atoms with E-state index < -0.39 is 17.7 Å². The molecule has 1 fully saturated rings. The summed E-state index contributed by atoms with van der Waals surface area (Å²) >= 11 is 0. The van der Waals surface area contributed by atoms with E-state index in [1.54, 1.807) is 0 Å². The maximum atomic E-state index is 11.0. The van der Waals surface area contributed by atoms with Crippen LogP contribution in [0.1, 0.15) is 39.5 Å². The molecule has 0 aromatic rings. The van der Waals surface area contributed by atoms with Crippen LogP contribution in [0.25, 0.3) is 0 Å². The van der Waals surface area contributed by atoms with Crippen LogP contribution in [-0.4, -0.2) is 17.7 Å². The zero-order valence-corrected chi connectivity index (χ0v) is 7.96. The fourth-order valence-corrected chi connectivity index (χ4v) is 1.43. The van der Waals surface area contributed by atoms with Crippen LogP contribution in [0.3, 0.4) is 0 Å². The summed E-state index contributed by atoms with van der Waals surface area (Å²) in [5.41, 5.74) is 0. The number of carbonyl (C=O) groups excluding carboxylic acids is 2. The van der Waals surface area contributed by atoms with E-state index in [0.29, 0.717) is 12.8 Å². The predicted molar refractivity (Wildman–Crippen MR) is 44.7 cm³/mol. The minimum Gasteiger partial charge on any atom is -0.422 e. The predicted octanol–water partition coefficient (Wildman–Crippen LogP) is 1.38. The maximum absolute atomic E-state index is 11.0. The first-order chi connectivity index (χ1) is 6.12. The highest BCUT2D eigenvalue weighted by molar-refractivity contribution is 5.93. The van der Waals surface area contributed by atoms with Crippen LogP contribution in [-0.2, 0) is 19.1 Å². The molecule has 0 amide bonds. The van der Waals surface area contributed by atoms with Gasteiger partial charge in [0.1, 0.15) is 6.42 Å². The molecule has 13 heavy (non-hydrogen) atoms. The summed E-state index contributed by atoms with van der Waals surface area (Å²) in [7, 11) is 0. The Morgan fingerprint density at radius 3 is 2.15 bits per heavy atom. The van der Waals surface area contributed by atoms with Crippen molar-refractivity contribution in [1.29, 1.82) is 0 Å². The largest absolute Gasteiger partial charge is 0.422 e. The highest BCUT2D eigenvalue weighted by atomic mass is 16.7. The molecule has 0 bridgehead atoms. The lowest BCUT2D eigenvalue weighted by molar-refractivity contribution is -0.247. The molecular weight excluding hydrogens is 172 g/mol. The average Bonchev–Trinajstić information content (AvgIpc) is 2.03. The van der Waals surface area contributed by atoms with Crippen LogP contribution in [0.5, 0.6) is 0 Å². The first-order valence-electron chi connectivity index (χ1n) is 4.55. The lowest BCUT2D eigenvalue weighted by Gasteiger charge is -2.34. The van der Waals surface area contributed by atoms with Crippen molar-refractivity contribution < 1.29 is 19.1 Å². The highest BCUT2D eigenvalue weighted by Crippen LogP contribution is 2.28. The van der Waals surface area contributed by atoms with Crippen LogP contribution in [0.2, 0.25) is 0 Å². The smallest absolute Gasteiger partial charge is 0.320 e. The highest BCUT2D eigenvalue weighted by Gasteiger charge is 2.40. The van der Waals surface area contributed by atoms with Crippen molar-refractivity contribution in [2.24, 2.45) is 0 Å². The Labute approximate surface area is 77.2 Å². The number of hydrogen-bond donors (Lipinski definition) is 0. The van der Waals surface area contributed by atoms with Gasteiger partial charge in [-0.2, -0.15) is 0 Å². The number of carbonyl (C=O) groups is 2. The van der Waals surface area contributed by atoms with Crippen LogP contribution in [0.4, 0.5) is 0 Å². The number of cyclic esters (lactones) is 2. The molecule has 0 aromatic heterocycles. The summed E-state index contributed by atoms with van der Waals surface area (Å²) in [4.78, 5) is 22.0. The molecule has 0 aromatic carbocycles. The van der Waals surface area contributed by atoms with Crippen LogP contribution in [0, 0.1) is 0 Å². The van der Waals surface area contributed by atoms with Gasteiger partial charge >= 0.3 is 11.9 Å². The third-order valence-electron chi connectivity index (χ3n) is 2.06. The molecule has 4 heteroatoms. The molecule has 1 rings (SSSR count). The van der Waals surface area contributed by atoms with Gasteiger partial charge in [0.25, 0.3) is 5.79 Å². The van der Waals surface area contributed by atoms with E-state index >= 15 is 0 Å². The van der Waals surface area contributed by atoms with Crippen LogP contribution >= 0.6 is 0 Å². The minimum absolute atomic E-state index is 0.258. The van der Waals surface area contributed by atoms with Gasteiger partial charge in [0.15, 0.2) is 0 Å². The summed E-state index contributed by atoms with van der Waals surface area (Å²) < 4.78 is 10.1. The Morgan fingerprint density at radius 1 is 1.23 bits per heavy atom. The molecule has 1 aliphatic rings. The third-order valence-corrected chi connectivity index (χ3v) is 2.06. The molecule has 0 spiro atoms. The second kappa shape index (κ2) is 3.77. The molecule has 0 radical (unpaired) electrons. The quantitative estimate of drug-likeness (QED) is 0.493. The van der Waals surface area contributed by atoms with E-state index in [9.17, 15) is 9.59 Å². The van der Waals surface area contributed by atoms with Crippen molar-refractivity contribution in [2.75, 3.05) is 0 Å². The van der Waals surface area contributed by atoms with Gasteiger partial charge in [-0.3, -0.25) is 9.59 Å². The Morgan fingerprint density at radius 2 is 1.77 bits per heavy atom. The van der Waals surface area contributed by atoms with Crippen molar-refractivity contribution in [3.05, 3.63) is 0 Å². The Bertz CT molecular complexity index is 206. The first kappa shape index (κ1) is 10.0. The van der Waals surface area contributed by atoms with Crippen LogP contribution in [0.15, 0.2) is 0 Å². The second-order valence-electron chi connectivity index (χ2n) is 3.14. The van der Waals surface area contributed by atoms with Crippen molar-refractivity contribution in [3.63, 3.8) is 0 Å². The molecule has 0 unspecified atom stereocenters. The molecule has 1 aliphatic heterocycles. The maximum Gasteiger partial charge on any atom is 0.320 e. The van der Waals surface area contributed by atoms with Crippen molar-refractivity contribution >= 4 is 11.9 Å².